The molecule has 1 amide bonds. The fourth-order valence-corrected chi connectivity index (χ4v) is 4.69. The number of hydrogen-bond donors (Lipinski definition) is 4. The van der Waals surface area contributed by atoms with Crippen LogP contribution in [0.1, 0.15) is 31.4 Å². The lowest BCUT2D eigenvalue weighted by Gasteiger charge is -2.19. The first-order valence-corrected chi connectivity index (χ1v) is 12.6. The van der Waals surface area contributed by atoms with Crippen LogP contribution in [0.5, 0.6) is 0 Å². The Morgan fingerprint density at radius 3 is 2.29 bits per heavy atom. The first kappa shape index (κ1) is 25.1. The Morgan fingerprint density at radius 2 is 1.68 bits per heavy atom. The highest BCUT2D eigenvalue weighted by Crippen LogP contribution is 2.28. The second kappa shape index (κ2) is 10.6. The molecule has 3 aromatic rings. The third-order valence-corrected chi connectivity index (χ3v) is 6.47. The maximum Gasteiger partial charge on any atom is 0.238 e. The van der Waals surface area contributed by atoms with E-state index in [9.17, 15) is 13.2 Å². The number of sulfonamides is 1. The summed E-state index contributed by atoms with van der Waals surface area (Å²) in [4.78, 5) is 13.2. The summed E-state index contributed by atoms with van der Waals surface area (Å²) in [5.74, 6) is -0.0377. The van der Waals surface area contributed by atoms with Gasteiger partial charge in [0.25, 0.3) is 0 Å². The first-order chi connectivity index (χ1) is 16.0. The van der Waals surface area contributed by atoms with Gasteiger partial charge < -0.3 is 11.1 Å². The number of rotatable bonds is 9. The summed E-state index contributed by atoms with van der Waals surface area (Å²) in [6, 6.07) is 20.9. The number of carbonyl (C=O) groups excluding carboxylic acids is 1. The summed E-state index contributed by atoms with van der Waals surface area (Å²) >= 11 is 0. The Hall–Kier alpha value is -3.49. The Labute approximate surface area is 200 Å². The van der Waals surface area contributed by atoms with Crippen LogP contribution in [0.3, 0.4) is 0 Å². The summed E-state index contributed by atoms with van der Waals surface area (Å²) in [5, 5.41) is 16.0. The maximum absolute atomic E-state index is 13.1. The van der Waals surface area contributed by atoms with Gasteiger partial charge in [-0.15, -0.1) is 0 Å². The van der Waals surface area contributed by atoms with E-state index >= 15 is 0 Å². The molecule has 34 heavy (non-hydrogen) atoms. The smallest absolute Gasteiger partial charge is 0.238 e. The number of hydrogen-bond acceptors (Lipinski definition) is 4. The van der Waals surface area contributed by atoms with Gasteiger partial charge in [-0.1, -0.05) is 62.4 Å². The molecule has 1 atom stereocenters. The molecular weight excluding hydrogens is 448 g/mol. The number of anilines is 1. The monoisotopic (exact) mass is 478 g/mol. The van der Waals surface area contributed by atoms with Crippen molar-refractivity contribution in [3.63, 3.8) is 0 Å². The Bertz CT molecular complexity index is 1290. The second-order valence-corrected chi connectivity index (χ2v) is 10.3. The van der Waals surface area contributed by atoms with Crippen molar-refractivity contribution in [1.82, 2.24) is 0 Å². The van der Waals surface area contributed by atoms with Crippen LogP contribution in [-0.4, -0.2) is 20.2 Å². The van der Waals surface area contributed by atoms with E-state index in [2.05, 4.69) is 19.2 Å². The number of benzene rings is 3. The van der Waals surface area contributed by atoms with Crippen LogP contribution in [0.4, 0.5) is 5.69 Å². The van der Waals surface area contributed by atoms with Gasteiger partial charge in [0, 0.05) is 22.7 Å². The van der Waals surface area contributed by atoms with E-state index < -0.39 is 10.0 Å². The predicted octanol–water partition coefficient (Wildman–Crippen LogP) is 4.13. The molecule has 0 radical (unpaired) electrons. The highest BCUT2D eigenvalue weighted by Gasteiger charge is 2.21. The lowest BCUT2D eigenvalue weighted by molar-refractivity contribution is -0.120. The fourth-order valence-electron chi connectivity index (χ4n) is 3.93. The van der Waals surface area contributed by atoms with E-state index in [1.54, 1.807) is 48.5 Å². The topological polar surface area (TPSA) is 139 Å². The normalized spacial score (nSPS) is 12.4. The van der Waals surface area contributed by atoms with Gasteiger partial charge in [-0.2, -0.15) is 0 Å². The summed E-state index contributed by atoms with van der Waals surface area (Å²) in [7, 11) is -3.86. The third-order valence-electron chi connectivity index (χ3n) is 5.50. The number of nitrogens with one attached hydrogen (secondary N) is 2. The van der Waals surface area contributed by atoms with E-state index in [1.165, 1.54) is 6.07 Å². The van der Waals surface area contributed by atoms with Gasteiger partial charge in [-0.25, -0.2) is 13.6 Å². The average Bonchev–Trinajstić information content (AvgIpc) is 2.78. The Morgan fingerprint density at radius 1 is 1.00 bits per heavy atom. The summed E-state index contributed by atoms with van der Waals surface area (Å²) in [6.07, 6.45) is 1.24. The summed E-state index contributed by atoms with van der Waals surface area (Å²) in [5.41, 5.74) is 9.00. The minimum Gasteiger partial charge on any atom is -0.384 e. The number of nitrogens with two attached hydrogens (primary N) is 2. The van der Waals surface area contributed by atoms with Crippen LogP contribution in [0.25, 0.3) is 11.1 Å². The standard InChI is InChI=1S/C26H30N4O3S/c1-17(2)14-21(16-18-6-5-7-20(15-18)25(27)28)26(31)30-22-12-10-19(11-13-22)23-8-3-4-9-24(23)34(29,32)33/h3-13,15,17,21H,14,16H2,1-2H3,(H3,27,28)(H,30,31)(H2,29,32,33). The molecule has 0 fully saturated rings. The summed E-state index contributed by atoms with van der Waals surface area (Å²) in [6.45, 7) is 4.15. The molecule has 6 N–H and O–H groups in total. The molecule has 8 heteroatoms. The number of amidine groups is 1. The predicted molar refractivity (Wildman–Crippen MR) is 136 cm³/mol. The van der Waals surface area contributed by atoms with Gasteiger partial charge in [0.15, 0.2) is 0 Å². The lowest BCUT2D eigenvalue weighted by Crippen LogP contribution is -2.26. The Balaban J connectivity index is 1.79. The number of nitrogen functional groups attached to an aromatic ring is 1. The fraction of sp³-hybridized carbons (Fsp3) is 0.231. The molecule has 1 unspecified atom stereocenters. The van der Waals surface area contributed by atoms with Crippen LogP contribution >= 0.6 is 0 Å². The SMILES string of the molecule is CC(C)CC(Cc1cccc(C(=N)N)c1)C(=O)Nc1ccc(-c2ccccc2S(N)(=O)=O)cc1. The Kier molecular flexibility index (Phi) is 7.86. The highest BCUT2D eigenvalue weighted by atomic mass is 32.2. The lowest BCUT2D eigenvalue weighted by atomic mass is 9.89. The van der Waals surface area contributed by atoms with Crippen molar-refractivity contribution in [2.45, 2.75) is 31.6 Å². The van der Waals surface area contributed by atoms with Crippen molar-refractivity contribution >= 4 is 27.5 Å². The van der Waals surface area contributed by atoms with Gasteiger partial charge in [0.2, 0.25) is 15.9 Å². The van der Waals surface area contributed by atoms with Crippen molar-refractivity contribution < 1.29 is 13.2 Å². The van der Waals surface area contributed by atoms with Crippen LogP contribution in [0, 0.1) is 17.2 Å². The third kappa shape index (κ3) is 6.52. The molecule has 0 bridgehead atoms. The first-order valence-electron chi connectivity index (χ1n) is 11.0. The van der Waals surface area contributed by atoms with Crippen LogP contribution in [0.15, 0.2) is 77.7 Å². The zero-order chi connectivity index (χ0) is 24.9. The van der Waals surface area contributed by atoms with Gasteiger partial charge in [0.05, 0.1) is 4.90 Å². The van der Waals surface area contributed by atoms with E-state index in [-0.39, 0.29) is 22.6 Å². The quantitative estimate of drug-likeness (QED) is 0.271. The number of primary sulfonamides is 1. The van der Waals surface area contributed by atoms with E-state index in [4.69, 9.17) is 16.3 Å². The maximum atomic E-state index is 13.1. The zero-order valence-corrected chi connectivity index (χ0v) is 20.1. The van der Waals surface area contributed by atoms with Gasteiger partial charge in [-0.3, -0.25) is 10.2 Å². The largest absolute Gasteiger partial charge is 0.384 e. The molecule has 0 aliphatic rings. The van der Waals surface area contributed by atoms with Crippen LogP contribution in [-0.2, 0) is 21.2 Å². The minimum absolute atomic E-state index is 0.00388. The molecule has 3 aromatic carbocycles. The molecule has 0 spiro atoms. The molecule has 0 aliphatic carbocycles. The highest BCUT2D eigenvalue weighted by molar-refractivity contribution is 7.89. The van der Waals surface area contributed by atoms with Gasteiger partial charge >= 0.3 is 0 Å². The van der Waals surface area contributed by atoms with Crippen molar-refractivity contribution in [3.8, 4) is 11.1 Å². The summed E-state index contributed by atoms with van der Waals surface area (Å²) < 4.78 is 23.8. The molecular formula is C26H30N4O3S. The molecule has 178 valence electrons. The van der Waals surface area contributed by atoms with Crippen molar-refractivity contribution in [1.29, 1.82) is 5.41 Å². The van der Waals surface area contributed by atoms with E-state index in [0.29, 0.717) is 41.1 Å². The average molecular weight is 479 g/mol. The minimum atomic E-state index is -3.86. The van der Waals surface area contributed by atoms with Crippen molar-refractivity contribution in [3.05, 3.63) is 83.9 Å². The number of carbonyl (C=O) groups is 1. The molecule has 0 heterocycles. The molecule has 3 rings (SSSR count). The van der Waals surface area contributed by atoms with Crippen molar-refractivity contribution in [2.24, 2.45) is 22.7 Å². The van der Waals surface area contributed by atoms with Gasteiger partial charge in [0.1, 0.15) is 5.84 Å². The zero-order valence-electron chi connectivity index (χ0n) is 19.3. The van der Waals surface area contributed by atoms with Crippen LogP contribution < -0.4 is 16.2 Å². The molecule has 0 saturated carbocycles. The molecule has 7 nitrogen and oxygen atoms in total. The number of amides is 1. The van der Waals surface area contributed by atoms with Gasteiger partial charge in [-0.05, 0) is 54.2 Å². The molecule has 0 aromatic heterocycles. The molecule has 0 saturated heterocycles. The van der Waals surface area contributed by atoms with Crippen molar-refractivity contribution in [2.75, 3.05) is 5.32 Å². The van der Waals surface area contributed by atoms with E-state index in [1.807, 2.05) is 18.2 Å². The second-order valence-electron chi connectivity index (χ2n) is 8.75. The molecule has 0 aliphatic heterocycles. The van der Waals surface area contributed by atoms with Crippen LogP contribution in [0.2, 0.25) is 0 Å². The van der Waals surface area contributed by atoms with E-state index in [0.717, 1.165) is 5.56 Å².